The molecule has 0 aliphatic carbocycles. The van der Waals surface area contributed by atoms with Gasteiger partial charge in [0.2, 0.25) is 0 Å². The summed E-state index contributed by atoms with van der Waals surface area (Å²) in [5.74, 6) is 0. The van der Waals surface area contributed by atoms with Crippen LogP contribution in [0, 0.1) is 0 Å². The molecule has 3 aromatic rings. The van der Waals surface area contributed by atoms with Gasteiger partial charge in [-0.1, -0.05) is 24.3 Å². The second-order valence-electron chi connectivity index (χ2n) is 6.21. The van der Waals surface area contributed by atoms with Crippen molar-refractivity contribution in [1.82, 2.24) is 15.3 Å². The Morgan fingerprint density at radius 3 is 1.64 bits per heavy atom. The fraction of sp³-hybridized carbons (Fsp3) is 0.300. The number of nitrogens with zero attached hydrogens (tertiary/aromatic N) is 4. The van der Waals surface area contributed by atoms with Gasteiger partial charge in [-0.15, -0.1) is 0 Å². The molecule has 0 atom stereocenters. The zero-order valence-corrected chi connectivity index (χ0v) is 14.2. The van der Waals surface area contributed by atoms with Crippen LogP contribution in [0.15, 0.2) is 46.4 Å². The molecule has 5 nitrogen and oxygen atoms in total. The quantitative estimate of drug-likeness (QED) is 0.644. The van der Waals surface area contributed by atoms with Gasteiger partial charge in [0.05, 0.1) is 22.4 Å². The number of rotatable bonds is 0. The number of hydrogen-bond acceptors (Lipinski definition) is 5. The average Bonchev–Trinajstić information content (AvgIpc) is 2.65. The number of aliphatic imine (C=N–C) groups is 2. The maximum atomic E-state index is 4.78. The lowest BCUT2D eigenvalue weighted by atomic mass is 10.1. The molecule has 0 spiro atoms. The zero-order chi connectivity index (χ0) is 16.9. The molecule has 126 valence electrons. The van der Waals surface area contributed by atoms with E-state index in [1.165, 1.54) is 0 Å². The highest BCUT2D eigenvalue weighted by Crippen LogP contribution is 2.22. The van der Waals surface area contributed by atoms with Gasteiger partial charge in [-0.2, -0.15) is 0 Å². The highest BCUT2D eigenvalue weighted by atomic mass is 14.9. The van der Waals surface area contributed by atoms with Crippen LogP contribution in [-0.2, 0) is 0 Å². The number of pyridine rings is 2. The predicted octanol–water partition coefficient (Wildman–Crippen LogP) is 3.00. The minimum absolute atomic E-state index is 0.808. The Kier molecular flexibility index (Phi) is 4.74. The van der Waals surface area contributed by atoms with E-state index in [4.69, 9.17) is 9.97 Å². The summed E-state index contributed by atoms with van der Waals surface area (Å²) in [5.41, 5.74) is 3.58. The summed E-state index contributed by atoms with van der Waals surface area (Å²) in [6.45, 7) is 3.58. The van der Waals surface area contributed by atoms with Gasteiger partial charge in [-0.05, 0) is 38.1 Å². The number of nitrogens with one attached hydrogen (secondary N) is 1. The summed E-state index contributed by atoms with van der Waals surface area (Å²) in [4.78, 5) is 18.6. The summed E-state index contributed by atoms with van der Waals surface area (Å²) < 4.78 is 0. The Balaban J connectivity index is 1.82. The van der Waals surface area contributed by atoms with Gasteiger partial charge in [0.15, 0.2) is 0 Å². The minimum Gasteiger partial charge on any atom is -0.317 e. The molecule has 0 radical (unpaired) electrons. The number of aromatic nitrogens is 2. The van der Waals surface area contributed by atoms with E-state index in [1.807, 2.05) is 24.6 Å². The van der Waals surface area contributed by atoms with E-state index < -0.39 is 0 Å². The fourth-order valence-corrected chi connectivity index (χ4v) is 2.97. The van der Waals surface area contributed by atoms with Crippen LogP contribution in [0.2, 0.25) is 0 Å². The molecule has 25 heavy (non-hydrogen) atoms. The van der Waals surface area contributed by atoms with Crippen LogP contribution in [-0.4, -0.2) is 48.6 Å². The topological polar surface area (TPSA) is 62.5 Å². The van der Waals surface area contributed by atoms with E-state index in [1.54, 1.807) is 0 Å². The van der Waals surface area contributed by atoms with Gasteiger partial charge in [-0.25, -0.2) is 9.97 Å². The Morgan fingerprint density at radius 2 is 1.12 bits per heavy atom. The molecule has 4 rings (SSSR count). The molecule has 1 aromatic carbocycles. The third-order valence-electron chi connectivity index (χ3n) is 4.29. The van der Waals surface area contributed by atoms with E-state index in [0.717, 1.165) is 72.2 Å². The number of hydrogen-bond donors (Lipinski definition) is 1. The van der Waals surface area contributed by atoms with Crippen LogP contribution in [0.25, 0.3) is 21.8 Å². The second-order valence-corrected chi connectivity index (χ2v) is 6.21. The predicted molar refractivity (Wildman–Crippen MR) is 104 cm³/mol. The van der Waals surface area contributed by atoms with Gasteiger partial charge in [0.1, 0.15) is 0 Å². The van der Waals surface area contributed by atoms with Gasteiger partial charge in [0, 0.05) is 36.3 Å². The molecule has 0 saturated heterocycles. The van der Waals surface area contributed by atoms with E-state index in [0.29, 0.717) is 0 Å². The van der Waals surface area contributed by atoms with Crippen LogP contribution in [0.5, 0.6) is 0 Å². The van der Waals surface area contributed by atoms with Crippen molar-refractivity contribution in [3.05, 3.63) is 47.8 Å². The van der Waals surface area contributed by atoms with Gasteiger partial charge in [0.25, 0.3) is 0 Å². The van der Waals surface area contributed by atoms with Crippen molar-refractivity contribution in [1.29, 1.82) is 0 Å². The Bertz CT molecular complexity index is 869. The highest BCUT2D eigenvalue weighted by Gasteiger charge is 2.05. The molecule has 0 amide bonds. The van der Waals surface area contributed by atoms with E-state index in [-0.39, 0.29) is 0 Å². The van der Waals surface area contributed by atoms with Crippen LogP contribution in [0.4, 0.5) is 0 Å². The lowest BCUT2D eigenvalue weighted by molar-refractivity contribution is 0.633. The van der Waals surface area contributed by atoms with Crippen molar-refractivity contribution in [2.45, 2.75) is 12.8 Å². The molecule has 1 aliphatic rings. The molecule has 5 heteroatoms. The third-order valence-corrected chi connectivity index (χ3v) is 4.29. The molecule has 2 aromatic heterocycles. The van der Waals surface area contributed by atoms with Crippen molar-refractivity contribution in [3.63, 3.8) is 0 Å². The van der Waals surface area contributed by atoms with Crippen LogP contribution in [0.1, 0.15) is 24.2 Å². The van der Waals surface area contributed by atoms with Crippen molar-refractivity contribution in [2.75, 3.05) is 26.2 Å². The second kappa shape index (κ2) is 7.49. The minimum atomic E-state index is 0.808. The van der Waals surface area contributed by atoms with Crippen molar-refractivity contribution < 1.29 is 0 Å². The van der Waals surface area contributed by atoms with Crippen LogP contribution < -0.4 is 5.32 Å². The lowest BCUT2D eigenvalue weighted by Crippen LogP contribution is -2.18. The zero-order valence-electron chi connectivity index (χ0n) is 14.2. The molecule has 0 fully saturated rings. The summed E-state index contributed by atoms with van der Waals surface area (Å²) in [6, 6.07) is 12.4. The molecule has 0 saturated carbocycles. The molecule has 0 unspecified atom stereocenters. The fourth-order valence-electron chi connectivity index (χ4n) is 2.97. The Morgan fingerprint density at radius 1 is 0.640 bits per heavy atom. The molecule has 4 bridgehead atoms. The van der Waals surface area contributed by atoms with Gasteiger partial charge < -0.3 is 5.32 Å². The maximum absolute atomic E-state index is 4.78. The number of fused-ring (bicyclic) bond motifs is 2. The van der Waals surface area contributed by atoms with Crippen LogP contribution in [0.3, 0.4) is 0 Å². The number of benzene rings is 1. The monoisotopic (exact) mass is 331 g/mol. The standard InChI is InChI=1S/C20H21N5/c1-9-21-10-2-12-23-14-18-8-6-16-4-3-15-5-7-17(13-22-11-1)24-19(15)20(16)25-18/h3-8,13-14,21H,1-2,9-12H2. The van der Waals surface area contributed by atoms with E-state index in [9.17, 15) is 0 Å². The van der Waals surface area contributed by atoms with Gasteiger partial charge >= 0.3 is 0 Å². The summed E-state index contributed by atoms with van der Waals surface area (Å²) in [7, 11) is 0. The smallest absolute Gasteiger partial charge is 0.0972 e. The third kappa shape index (κ3) is 3.72. The Labute approximate surface area is 146 Å². The first-order valence-corrected chi connectivity index (χ1v) is 8.81. The normalized spacial score (nSPS) is 16.2. The summed E-state index contributed by atoms with van der Waals surface area (Å²) in [6.07, 6.45) is 5.78. The Hall–Kier alpha value is -2.66. The highest BCUT2D eigenvalue weighted by molar-refractivity contribution is 6.04. The molecule has 1 aliphatic heterocycles. The van der Waals surface area contributed by atoms with E-state index in [2.05, 4.69) is 39.6 Å². The maximum Gasteiger partial charge on any atom is 0.0972 e. The van der Waals surface area contributed by atoms with Crippen molar-refractivity contribution >= 4 is 34.2 Å². The van der Waals surface area contributed by atoms with Crippen molar-refractivity contribution in [2.24, 2.45) is 9.98 Å². The van der Waals surface area contributed by atoms with Crippen molar-refractivity contribution in [3.8, 4) is 0 Å². The van der Waals surface area contributed by atoms with E-state index >= 15 is 0 Å². The first-order valence-electron chi connectivity index (χ1n) is 8.81. The van der Waals surface area contributed by atoms with Gasteiger partial charge in [-0.3, -0.25) is 9.98 Å². The SMILES string of the molecule is C1=NCCCNCCCN=Cc2ccc3ccc4ccc1nc4c3n2. The summed E-state index contributed by atoms with van der Waals surface area (Å²) >= 11 is 0. The molecule has 1 N–H and O–H groups in total. The molecule has 3 heterocycles. The first kappa shape index (κ1) is 15.8. The molecular weight excluding hydrogens is 310 g/mol. The largest absolute Gasteiger partial charge is 0.317 e. The average molecular weight is 331 g/mol. The first-order chi connectivity index (χ1) is 12.4. The molecular formula is C20H21N5. The summed E-state index contributed by atoms with van der Waals surface area (Å²) in [5, 5.41) is 5.61. The lowest BCUT2D eigenvalue weighted by Gasteiger charge is -2.04. The van der Waals surface area contributed by atoms with Crippen LogP contribution >= 0.6 is 0 Å².